The van der Waals surface area contributed by atoms with Crippen LogP contribution in [-0.4, -0.2) is 72.0 Å². The number of imidazole rings is 1. The van der Waals surface area contributed by atoms with Crippen molar-refractivity contribution in [3.63, 3.8) is 0 Å². The summed E-state index contributed by atoms with van der Waals surface area (Å²) in [5, 5.41) is 19.2. The van der Waals surface area contributed by atoms with Crippen molar-refractivity contribution in [3.05, 3.63) is 42.5 Å². The fourth-order valence-corrected chi connectivity index (χ4v) is 5.59. The number of hydrogen-bond donors (Lipinski definition) is 2. The number of aromatic nitrogens is 6. The maximum atomic E-state index is 10.7. The lowest BCUT2D eigenvalue weighted by Crippen LogP contribution is -2.53. The van der Waals surface area contributed by atoms with Gasteiger partial charge in [-0.2, -0.15) is 10.1 Å². The van der Waals surface area contributed by atoms with Crippen LogP contribution in [0.2, 0.25) is 0 Å². The lowest BCUT2D eigenvalue weighted by Gasteiger charge is -2.49. The van der Waals surface area contributed by atoms with Crippen molar-refractivity contribution < 1.29 is 5.11 Å². The molecule has 0 amide bonds. The summed E-state index contributed by atoms with van der Waals surface area (Å²) in [6.45, 7) is 4.34. The minimum Gasteiger partial charge on any atom is -0.392 e. The van der Waals surface area contributed by atoms with E-state index >= 15 is 0 Å². The second kappa shape index (κ2) is 7.53. The number of fused-ring (bicyclic) bond motifs is 2. The van der Waals surface area contributed by atoms with Gasteiger partial charge in [-0.15, -0.1) is 0 Å². The lowest BCUT2D eigenvalue weighted by molar-refractivity contribution is -0.0251. The number of hydrogen-bond acceptors (Lipinski definition) is 7. The molecule has 2 aliphatic heterocycles. The summed E-state index contributed by atoms with van der Waals surface area (Å²) in [5.74, 6) is 0.755. The highest BCUT2D eigenvalue weighted by molar-refractivity contribution is 5.81. The van der Waals surface area contributed by atoms with Crippen molar-refractivity contribution in [2.75, 3.05) is 31.1 Å². The summed E-state index contributed by atoms with van der Waals surface area (Å²) >= 11 is 0. The third-order valence-corrected chi connectivity index (χ3v) is 7.23. The van der Waals surface area contributed by atoms with E-state index in [4.69, 9.17) is 0 Å². The van der Waals surface area contributed by atoms with E-state index in [9.17, 15) is 5.11 Å². The number of likely N-dealkylation sites (tertiary alicyclic amines) is 1. The number of nitrogens with one attached hydrogen (secondary N) is 1. The first-order valence-corrected chi connectivity index (χ1v) is 11.3. The van der Waals surface area contributed by atoms with Gasteiger partial charge in [0.1, 0.15) is 5.52 Å². The third kappa shape index (κ3) is 3.41. The number of H-pyrrole nitrogens is 1. The molecule has 9 nitrogen and oxygen atoms in total. The van der Waals surface area contributed by atoms with E-state index in [1.165, 1.54) is 5.56 Å². The van der Waals surface area contributed by atoms with Crippen molar-refractivity contribution in [2.45, 2.75) is 31.9 Å². The minimum absolute atomic E-state index is 0.130. The highest BCUT2D eigenvalue weighted by Gasteiger charge is 2.42. The number of β-amino-alcohol motifs (C(OH)–C–C–N with tert-alkyl or cyclic N) is 1. The number of benzene rings is 1. The molecule has 166 valence electrons. The molecule has 3 aromatic heterocycles. The van der Waals surface area contributed by atoms with Crippen LogP contribution in [0.15, 0.2) is 36.9 Å². The Hall–Kier alpha value is -3.04. The summed E-state index contributed by atoms with van der Waals surface area (Å²) in [5.41, 5.74) is 4.15. The van der Waals surface area contributed by atoms with Crippen LogP contribution in [0, 0.1) is 5.41 Å². The number of para-hydroxylation sites is 1. The zero-order chi connectivity index (χ0) is 21.7. The lowest BCUT2D eigenvalue weighted by atomic mass is 9.71. The Morgan fingerprint density at radius 3 is 2.94 bits per heavy atom. The molecule has 6 rings (SSSR count). The van der Waals surface area contributed by atoms with E-state index < -0.39 is 0 Å². The van der Waals surface area contributed by atoms with Crippen LogP contribution in [0.4, 0.5) is 5.95 Å². The molecular formula is C23H28N8O. The number of rotatable bonds is 3. The number of piperidine rings is 2. The van der Waals surface area contributed by atoms with Crippen LogP contribution >= 0.6 is 0 Å². The number of aliphatic hydroxyl groups excluding tert-OH is 1. The Balaban J connectivity index is 1.17. The van der Waals surface area contributed by atoms with Gasteiger partial charge in [0, 0.05) is 45.2 Å². The SMILES string of the molecule is Cn1cnc2nc(N3CCC4(CC3)CC(O)CN(Cc3cccc5cn[nH]c35)C4)ncc21. The summed E-state index contributed by atoms with van der Waals surface area (Å²) in [6, 6.07) is 6.32. The van der Waals surface area contributed by atoms with Gasteiger partial charge in [-0.25, -0.2) is 9.97 Å². The van der Waals surface area contributed by atoms with Crippen LogP contribution < -0.4 is 4.90 Å². The van der Waals surface area contributed by atoms with Crippen LogP contribution in [0.3, 0.4) is 0 Å². The molecule has 2 fully saturated rings. The van der Waals surface area contributed by atoms with E-state index in [1.54, 1.807) is 6.33 Å². The monoisotopic (exact) mass is 432 g/mol. The van der Waals surface area contributed by atoms with Crippen molar-refractivity contribution >= 4 is 28.0 Å². The second-order valence-corrected chi connectivity index (χ2v) is 9.50. The molecule has 32 heavy (non-hydrogen) atoms. The fourth-order valence-electron chi connectivity index (χ4n) is 5.59. The maximum Gasteiger partial charge on any atom is 0.227 e. The Bertz CT molecular complexity index is 1260. The van der Waals surface area contributed by atoms with Crippen molar-refractivity contribution in [1.82, 2.24) is 34.6 Å². The highest BCUT2D eigenvalue weighted by atomic mass is 16.3. The summed E-state index contributed by atoms with van der Waals surface area (Å²) < 4.78 is 1.94. The third-order valence-electron chi connectivity index (χ3n) is 7.23. The smallest absolute Gasteiger partial charge is 0.227 e. The van der Waals surface area contributed by atoms with Crippen LogP contribution in [0.25, 0.3) is 22.1 Å². The molecule has 0 saturated carbocycles. The second-order valence-electron chi connectivity index (χ2n) is 9.50. The largest absolute Gasteiger partial charge is 0.392 e. The normalized spacial score (nSPS) is 21.7. The average molecular weight is 433 g/mol. The van der Waals surface area contributed by atoms with Crippen molar-refractivity contribution in [1.29, 1.82) is 0 Å². The quantitative estimate of drug-likeness (QED) is 0.511. The molecular weight excluding hydrogens is 404 g/mol. The van der Waals surface area contributed by atoms with E-state index in [0.29, 0.717) is 0 Å². The van der Waals surface area contributed by atoms with Gasteiger partial charge in [0.15, 0.2) is 5.65 Å². The molecule has 0 bridgehead atoms. The standard InChI is InChI=1S/C23H28N8O/c1-29-15-25-21-19(29)11-24-22(27-21)31-7-5-23(6-8-31)9-18(32)13-30(14-23)12-17-4-2-3-16-10-26-28-20(16)17/h2-4,10-11,15,18,32H,5-9,12-14H2,1H3,(H,26,28). The fraction of sp³-hybridized carbons (Fsp3) is 0.478. The molecule has 2 N–H and O–H groups in total. The number of nitrogens with zero attached hydrogens (tertiary/aromatic N) is 7. The molecule has 0 aliphatic carbocycles. The van der Waals surface area contributed by atoms with Crippen LogP contribution in [0.5, 0.6) is 0 Å². The van der Waals surface area contributed by atoms with E-state index in [-0.39, 0.29) is 11.5 Å². The topological polar surface area (TPSA) is 99.0 Å². The van der Waals surface area contributed by atoms with Gasteiger partial charge >= 0.3 is 0 Å². The van der Waals surface area contributed by atoms with Gasteiger partial charge in [0.05, 0.1) is 30.3 Å². The summed E-state index contributed by atoms with van der Waals surface area (Å²) in [6.07, 6.45) is 8.12. The predicted octanol–water partition coefficient (Wildman–Crippen LogP) is 2.09. The molecule has 2 aliphatic rings. The molecule has 1 unspecified atom stereocenters. The minimum atomic E-state index is -0.294. The first-order valence-electron chi connectivity index (χ1n) is 11.3. The van der Waals surface area contributed by atoms with E-state index in [1.807, 2.05) is 24.0 Å². The summed E-state index contributed by atoms with van der Waals surface area (Å²) in [4.78, 5) is 18.3. The molecule has 4 aromatic rings. The Labute approximate surface area is 186 Å². The number of anilines is 1. The van der Waals surface area contributed by atoms with Gasteiger partial charge in [0.2, 0.25) is 5.95 Å². The molecule has 2 saturated heterocycles. The Morgan fingerprint density at radius 2 is 2.06 bits per heavy atom. The predicted molar refractivity (Wildman–Crippen MR) is 122 cm³/mol. The number of aliphatic hydroxyl groups is 1. The first-order chi connectivity index (χ1) is 15.6. The number of aromatic amines is 1. The van der Waals surface area contributed by atoms with Crippen molar-refractivity contribution in [3.8, 4) is 0 Å². The molecule has 1 atom stereocenters. The zero-order valence-corrected chi connectivity index (χ0v) is 18.3. The Morgan fingerprint density at radius 1 is 1.19 bits per heavy atom. The van der Waals surface area contributed by atoms with Gasteiger partial charge in [-0.1, -0.05) is 18.2 Å². The molecule has 5 heterocycles. The van der Waals surface area contributed by atoms with E-state index in [2.05, 4.69) is 53.1 Å². The number of aryl methyl sites for hydroxylation is 1. The van der Waals surface area contributed by atoms with Crippen LogP contribution in [0.1, 0.15) is 24.8 Å². The van der Waals surface area contributed by atoms with Gasteiger partial charge in [0.25, 0.3) is 0 Å². The Kier molecular flexibility index (Phi) is 4.62. The van der Waals surface area contributed by atoms with Gasteiger partial charge in [-0.05, 0) is 30.2 Å². The zero-order valence-electron chi connectivity index (χ0n) is 18.3. The summed E-state index contributed by atoms with van der Waals surface area (Å²) in [7, 11) is 1.95. The molecule has 9 heteroatoms. The first kappa shape index (κ1) is 19.6. The molecule has 1 spiro atoms. The van der Waals surface area contributed by atoms with Gasteiger partial charge in [-0.3, -0.25) is 10.00 Å². The highest BCUT2D eigenvalue weighted by Crippen LogP contribution is 2.41. The maximum absolute atomic E-state index is 10.7. The van der Waals surface area contributed by atoms with E-state index in [0.717, 1.165) is 80.0 Å². The van der Waals surface area contributed by atoms with Gasteiger partial charge < -0.3 is 14.6 Å². The molecule has 1 aromatic carbocycles. The van der Waals surface area contributed by atoms with Crippen molar-refractivity contribution in [2.24, 2.45) is 12.5 Å². The van der Waals surface area contributed by atoms with Crippen LogP contribution in [-0.2, 0) is 13.6 Å². The molecule has 0 radical (unpaired) electrons. The average Bonchev–Trinajstić information content (AvgIpc) is 3.41.